The van der Waals surface area contributed by atoms with Crippen molar-refractivity contribution in [2.75, 3.05) is 6.61 Å². The first kappa shape index (κ1) is 9.12. The average molecular weight is 179 g/mol. The van der Waals surface area contributed by atoms with Crippen LogP contribution in [0.4, 0.5) is 13.2 Å². The van der Waals surface area contributed by atoms with Gasteiger partial charge in [-0.3, -0.25) is 0 Å². The molecule has 0 fully saturated rings. The standard InChI is InChI=1S/C7H8F3NO/c8-7(9,10)5(4-12)6-2-1-3-11-6/h1-3,5,11-12H,4H2. The third-order valence-corrected chi connectivity index (χ3v) is 1.58. The fourth-order valence-corrected chi connectivity index (χ4v) is 0.939. The molecule has 1 unspecified atom stereocenters. The summed E-state index contributed by atoms with van der Waals surface area (Å²) in [6, 6.07) is 2.76. The van der Waals surface area contributed by atoms with Crippen molar-refractivity contribution in [2.24, 2.45) is 0 Å². The van der Waals surface area contributed by atoms with Gasteiger partial charge < -0.3 is 10.1 Å². The van der Waals surface area contributed by atoms with Crippen LogP contribution in [0.25, 0.3) is 0 Å². The highest BCUT2D eigenvalue weighted by Crippen LogP contribution is 2.33. The summed E-state index contributed by atoms with van der Waals surface area (Å²) in [5.74, 6) is -1.80. The molecule has 0 aliphatic heterocycles. The summed E-state index contributed by atoms with van der Waals surface area (Å²) in [5, 5.41) is 8.49. The molecule has 0 aromatic carbocycles. The summed E-state index contributed by atoms with van der Waals surface area (Å²) in [6.45, 7) is -0.927. The van der Waals surface area contributed by atoms with E-state index in [-0.39, 0.29) is 5.69 Å². The van der Waals surface area contributed by atoms with Gasteiger partial charge in [-0.25, -0.2) is 0 Å². The highest BCUT2D eigenvalue weighted by molar-refractivity contribution is 5.11. The lowest BCUT2D eigenvalue weighted by molar-refractivity contribution is -0.159. The van der Waals surface area contributed by atoms with Gasteiger partial charge in [-0.1, -0.05) is 0 Å². The first-order chi connectivity index (χ1) is 5.55. The summed E-state index contributed by atoms with van der Waals surface area (Å²) >= 11 is 0. The molecule has 1 heterocycles. The van der Waals surface area contributed by atoms with Crippen LogP contribution in [0.2, 0.25) is 0 Å². The minimum Gasteiger partial charge on any atom is -0.395 e. The maximum atomic E-state index is 12.1. The Morgan fingerprint density at radius 3 is 2.50 bits per heavy atom. The molecule has 0 radical (unpaired) electrons. The van der Waals surface area contributed by atoms with Gasteiger partial charge in [0.15, 0.2) is 0 Å². The van der Waals surface area contributed by atoms with Gasteiger partial charge in [0, 0.05) is 11.9 Å². The van der Waals surface area contributed by atoms with Gasteiger partial charge in [0.05, 0.1) is 6.61 Å². The number of aliphatic hydroxyl groups is 1. The van der Waals surface area contributed by atoms with E-state index in [1.807, 2.05) is 0 Å². The molecule has 5 heteroatoms. The summed E-state index contributed by atoms with van der Waals surface area (Å²) in [6.07, 6.45) is -3.00. The molecule has 0 amide bonds. The van der Waals surface area contributed by atoms with Crippen LogP contribution < -0.4 is 0 Å². The molecular formula is C7H8F3NO. The number of H-pyrrole nitrogens is 1. The van der Waals surface area contributed by atoms with Crippen LogP contribution in [-0.4, -0.2) is 22.9 Å². The van der Waals surface area contributed by atoms with Gasteiger partial charge in [-0.15, -0.1) is 0 Å². The Hall–Kier alpha value is -0.970. The maximum Gasteiger partial charge on any atom is 0.399 e. The molecule has 0 spiro atoms. The highest BCUT2D eigenvalue weighted by atomic mass is 19.4. The van der Waals surface area contributed by atoms with E-state index in [0.29, 0.717) is 0 Å². The third-order valence-electron chi connectivity index (χ3n) is 1.58. The monoisotopic (exact) mass is 179 g/mol. The Labute approximate surface area is 67.0 Å². The lowest BCUT2D eigenvalue weighted by Crippen LogP contribution is -2.24. The van der Waals surface area contributed by atoms with E-state index in [1.54, 1.807) is 0 Å². The van der Waals surface area contributed by atoms with Crippen molar-refractivity contribution < 1.29 is 18.3 Å². The Kier molecular flexibility index (Phi) is 2.42. The number of halogens is 3. The van der Waals surface area contributed by atoms with Crippen molar-refractivity contribution in [2.45, 2.75) is 12.1 Å². The fraction of sp³-hybridized carbons (Fsp3) is 0.429. The molecule has 0 aliphatic rings. The van der Waals surface area contributed by atoms with Crippen LogP contribution in [0.3, 0.4) is 0 Å². The minimum absolute atomic E-state index is 0.00926. The quantitative estimate of drug-likeness (QED) is 0.711. The van der Waals surface area contributed by atoms with Crippen LogP contribution in [0, 0.1) is 0 Å². The Balaban J connectivity index is 2.84. The summed E-state index contributed by atoms with van der Waals surface area (Å²) in [5.41, 5.74) is -0.00926. The number of aliphatic hydroxyl groups excluding tert-OH is 1. The summed E-state index contributed by atoms with van der Waals surface area (Å²) < 4.78 is 36.3. The molecule has 68 valence electrons. The zero-order chi connectivity index (χ0) is 9.19. The van der Waals surface area contributed by atoms with Gasteiger partial charge in [-0.2, -0.15) is 13.2 Å². The molecule has 12 heavy (non-hydrogen) atoms. The smallest absolute Gasteiger partial charge is 0.395 e. The number of aromatic amines is 1. The number of alkyl halides is 3. The fourth-order valence-electron chi connectivity index (χ4n) is 0.939. The van der Waals surface area contributed by atoms with Crippen LogP contribution in [0.15, 0.2) is 18.3 Å². The molecule has 2 nitrogen and oxygen atoms in total. The molecule has 0 saturated heterocycles. The molecule has 1 aromatic rings. The molecule has 0 saturated carbocycles. The van der Waals surface area contributed by atoms with Crippen molar-refractivity contribution in [3.63, 3.8) is 0 Å². The normalized spacial score (nSPS) is 14.7. The first-order valence-electron chi connectivity index (χ1n) is 3.36. The summed E-state index contributed by atoms with van der Waals surface area (Å²) in [4.78, 5) is 2.41. The van der Waals surface area contributed by atoms with Crippen molar-refractivity contribution in [3.05, 3.63) is 24.0 Å². The van der Waals surface area contributed by atoms with Crippen molar-refractivity contribution >= 4 is 0 Å². The number of nitrogens with one attached hydrogen (secondary N) is 1. The van der Waals surface area contributed by atoms with Gasteiger partial charge in [-0.05, 0) is 12.1 Å². The molecule has 0 aliphatic carbocycles. The number of hydrogen-bond acceptors (Lipinski definition) is 1. The Morgan fingerprint density at radius 2 is 2.17 bits per heavy atom. The molecule has 1 rings (SSSR count). The van der Waals surface area contributed by atoms with Gasteiger partial charge >= 0.3 is 6.18 Å². The third kappa shape index (κ3) is 1.79. The van der Waals surface area contributed by atoms with E-state index < -0.39 is 18.7 Å². The van der Waals surface area contributed by atoms with Crippen LogP contribution >= 0.6 is 0 Å². The number of aromatic nitrogens is 1. The van der Waals surface area contributed by atoms with E-state index >= 15 is 0 Å². The van der Waals surface area contributed by atoms with Crippen molar-refractivity contribution in [1.82, 2.24) is 4.98 Å². The zero-order valence-electron chi connectivity index (χ0n) is 6.10. The predicted octanol–water partition coefficient (Wildman–Crippen LogP) is 1.65. The van der Waals surface area contributed by atoms with Gasteiger partial charge in [0.2, 0.25) is 0 Å². The SMILES string of the molecule is OCC(c1ccc[nH]1)C(F)(F)F. The van der Waals surface area contributed by atoms with E-state index in [9.17, 15) is 13.2 Å². The summed E-state index contributed by atoms with van der Waals surface area (Å²) in [7, 11) is 0. The van der Waals surface area contributed by atoms with Gasteiger partial charge in [0.25, 0.3) is 0 Å². The number of hydrogen-bond donors (Lipinski definition) is 2. The molecule has 1 aromatic heterocycles. The first-order valence-corrected chi connectivity index (χ1v) is 3.36. The Morgan fingerprint density at radius 1 is 1.50 bits per heavy atom. The van der Waals surface area contributed by atoms with E-state index in [1.165, 1.54) is 18.3 Å². The van der Waals surface area contributed by atoms with E-state index in [4.69, 9.17) is 5.11 Å². The predicted molar refractivity (Wildman–Crippen MR) is 36.7 cm³/mol. The minimum atomic E-state index is -4.39. The molecule has 0 bridgehead atoms. The maximum absolute atomic E-state index is 12.1. The Bertz CT molecular complexity index is 229. The van der Waals surface area contributed by atoms with Crippen LogP contribution in [-0.2, 0) is 0 Å². The van der Waals surface area contributed by atoms with Crippen LogP contribution in [0.1, 0.15) is 11.6 Å². The topological polar surface area (TPSA) is 36.0 Å². The second kappa shape index (κ2) is 3.18. The van der Waals surface area contributed by atoms with Crippen LogP contribution in [0.5, 0.6) is 0 Å². The lowest BCUT2D eigenvalue weighted by atomic mass is 10.1. The second-order valence-electron chi connectivity index (χ2n) is 2.40. The van der Waals surface area contributed by atoms with E-state index in [0.717, 1.165) is 0 Å². The largest absolute Gasteiger partial charge is 0.399 e. The zero-order valence-corrected chi connectivity index (χ0v) is 6.10. The lowest BCUT2D eigenvalue weighted by Gasteiger charge is -2.15. The highest BCUT2D eigenvalue weighted by Gasteiger charge is 2.40. The molecular weight excluding hydrogens is 171 g/mol. The second-order valence-corrected chi connectivity index (χ2v) is 2.40. The molecule has 2 N–H and O–H groups in total. The molecule has 1 atom stereocenters. The van der Waals surface area contributed by atoms with Crippen molar-refractivity contribution in [3.8, 4) is 0 Å². The van der Waals surface area contributed by atoms with Gasteiger partial charge in [0.1, 0.15) is 5.92 Å². The van der Waals surface area contributed by atoms with Crippen molar-refractivity contribution in [1.29, 1.82) is 0 Å². The average Bonchev–Trinajstić information content (AvgIpc) is 2.38. The number of rotatable bonds is 2. The van der Waals surface area contributed by atoms with E-state index in [2.05, 4.69) is 4.98 Å².